The zero-order valence-corrected chi connectivity index (χ0v) is 19.5. The van der Waals surface area contributed by atoms with Crippen LogP contribution in [-0.2, 0) is 7.05 Å². The first-order chi connectivity index (χ1) is 14.2. The lowest BCUT2D eigenvalue weighted by atomic mass is 9.81. The van der Waals surface area contributed by atoms with E-state index in [1.807, 2.05) is 29.6 Å². The van der Waals surface area contributed by atoms with Crippen molar-refractivity contribution in [2.75, 3.05) is 18.4 Å². The van der Waals surface area contributed by atoms with Crippen molar-refractivity contribution in [2.45, 2.75) is 78.2 Å². The van der Waals surface area contributed by atoms with Gasteiger partial charge < -0.3 is 15.3 Å². The number of aromatic nitrogens is 2. The molecule has 1 saturated heterocycles. The Balaban J connectivity index is 1.71. The Bertz CT molecular complexity index is 890. The number of aliphatic hydroxyl groups is 1. The topological polar surface area (TPSA) is 70.4 Å². The first-order valence-corrected chi connectivity index (χ1v) is 11.4. The molecule has 2 N–H and O–H groups in total. The molecule has 1 aliphatic rings. The Morgan fingerprint density at radius 1 is 1.23 bits per heavy atom. The fraction of sp³-hybridized carbons (Fsp3) is 0.667. The number of amides is 2. The summed E-state index contributed by atoms with van der Waals surface area (Å²) in [7, 11) is 1.94. The lowest BCUT2D eigenvalue weighted by Gasteiger charge is -2.39. The van der Waals surface area contributed by atoms with Gasteiger partial charge in [0.1, 0.15) is 0 Å². The first-order valence-electron chi connectivity index (χ1n) is 11.4. The largest absolute Gasteiger partial charge is 0.390 e. The van der Waals surface area contributed by atoms with Crippen LogP contribution in [0.1, 0.15) is 77.0 Å². The number of urea groups is 1. The molecule has 30 heavy (non-hydrogen) atoms. The van der Waals surface area contributed by atoms with Gasteiger partial charge in [0.2, 0.25) is 0 Å². The van der Waals surface area contributed by atoms with Crippen molar-refractivity contribution in [1.29, 1.82) is 0 Å². The molecule has 3 rings (SSSR count). The van der Waals surface area contributed by atoms with Gasteiger partial charge in [-0.05, 0) is 55.7 Å². The van der Waals surface area contributed by atoms with Gasteiger partial charge in [0, 0.05) is 31.2 Å². The number of likely N-dealkylation sites (tertiary alicyclic amines) is 1. The summed E-state index contributed by atoms with van der Waals surface area (Å²) in [5.41, 5.74) is 3.42. The number of nitrogens with one attached hydrogen (secondary N) is 1. The van der Waals surface area contributed by atoms with Gasteiger partial charge in [-0.1, -0.05) is 40.5 Å². The van der Waals surface area contributed by atoms with E-state index in [4.69, 9.17) is 0 Å². The molecule has 0 radical (unpaired) electrons. The highest BCUT2D eigenvalue weighted by molar-refractivity contribution is 5.95. The number of carbonyl (C=O) groups is 1. The molecule has 0 saturated carbocycles. The number of benzene rings is 1. The third-order valence-corrected chi connectivity index (χ3v) is 6.84. The van der Waals surface area contributed by atoms with Gasteiger partial charge in [-0.15, -0.1) is 0 Å². The van der Waals surface area contributed by atoms with Gasteiger partial charge in [0.15, 0.2) is 0 Å². The van der Waals surface area contributed by atoms with Crippen molar-refractivity contribution in [2.24, 2.45) is 13.0 Å². The Morgan fingerprint density at radius 3 is 2.43 bits per heavy atom. The Morgan fingerprint density at radius 2 is 1.87 bits per heavy atom. The van der Waals surface area contributed by atoms with E-state index in [0.717, 1.165) is 36.2 Å². The molecular formula is C24H38N4O2. The molecule has 1 aromatic carbocycles. The highest BCUT2D eigenvalue weighted by atomic mass is 16.3. The van der Waals surface area contributed by atoms with Crippen LogP contribution < -0.4 is 5.32 Å². The maximum absolute atomic E-state index is 12.9. The second-order valence-electron chi connectivity index (χ2n) is 9.35. The maximum Gasteiger partial charge on any atom is 0.321 e. The fourth-order valence-corrected chi connectivity index (χ4v) is 4.80. The van der Waals surface area contributed by atoms with Crippen LogP contribution in [0, 0.1) is 12.8 Å². The van der Waals surface area contributed by atoms with Gasteiger partial charge in [0.05, 0.1) is 16.8 Å². The minimum absolute atomic E-state index is 0.0903. The molecule has 2 aromatic rings. The van der Waals surface area contributed by atoms with E-state index in [1.165, 1.54) is 10.9 Å². The summed E-state index contributed by atoms with van der Waals surface area (Å²) in [5.74, 6) is 0.890. The van der Waals surface area contributed by atoms with E-state index >= 15 is 0 Å². The van der Waals surface area contributed by atoms with Crippen LogP contribution >= 0.6 is 0 Å². The summed E-state index contributed by atoms with van der Waals surface area (Å²) < 4.78 is 1.88. The molecular weight excluding hydrogens is 376 g/mol. The van der Waals surface area contributed by atoms with Crippen LogP contribution in [0.4, 0.5) is 10.5 Å². The van der Waals surface area contributed by atoms with Crippen molar-refractivity contribution in [1.82, 2.24) is 14.7 Å². The van der Waals surface area contributed by atoms with Crippen LogP contribution in [-0.4, -0.2) is 44.5 Å². The Hall–Kier alpha value is -2.08. The van der Waals surface area contributed by atoms with Crippen LogP contribution in [0.25, 0.3) is 10.9 Å². The van der Waals surface area contributed by atoms with E-state index in [2.05, 4.69) is 44.2 Å². The van der Waals surface area contributed by atoms with Crippen molar-refractivity contribution in [3.8, 4) is 0 Å². The summed E-state index contributed by atoms with van der Waals surface area (Å²) in [6.45, 7) is 11.9. The third-order valence-electron chi connectivity index (χ3n) is 6.84. The Labute approximate surface area is 180 Å². The monoisotopic (exact) mass is 414 g/mol. The molecule has 0 bridgehead atoms. The zero-order chi connectivity index (χ0) is 22.1. The average molecular weight is 415 g/mol. The number of aryl methyl sites for hydroxylation is 2. The number of fused-ring (bicyclic) bond motifs is 1. The molecule has 1 aromatic heterocycles. The van der Waals surface area contributed by atoms with Crippen LogP contribution in [0.15, 0.2) is 12.1 Å². The summed E-state index contributed by atoms with van der Waals surface area (Å²) in [5, 5.41) is 19.8. The number of piperidine rings is 1. The van der Waals surface area contributed by atoms with Crippen molar-refractivity contribution >= 4 is 22.6 Å². The molecule has 6 heteroatoms. The fourth-order valence-electron chi connectivity index (χ4n) is 4.80. The van der Waals surface area contributed by atoms with E-state index in [0.29, 0.717) is 37.8 Å². The lowest BCUT2D eigenvalue weighted by molar-refractivity contribution is -0.0309. The molecule has 1 aliphatic heterocycles. The van der Waals surface area contributed by atoms with Gasteiger partial charge in [0.25, 0.3) is 0 Å². The van der Waals surface area contributed by atoms with Crippen molar-refractivity contribution in [3.63, 3.8) is 0 Å². The van der Waals surface area contributed by atoms with Crippen LogP contribution in [0.5, 0.6) is 0 Å². The third kappa shape index (κ3) is 4.64. The number of anilines is 1. The molecule has 2 heterocycles. The van der Waals surface area contributed by atoms with Crippen molar-refractivity contribution < 1.29 is 9.90 Å². The number of rotatable bonds is 6. The highest BCUT2D eigenvalue weighted by Crippen LogP contribution is 2.33. The quantitative estimate of drug-likeness (QED) is 0.683. The molecule has 6 nitrogen and oxygen atoms in total. The van der Waals surface area contributed by atoms with Crippen LogP contribution in [0.2, 0.25) is 0 Å². The number of hydrogen-bond acceptors (Lipinski definition) is 3. The minimum atomic E-state index is -0.635. The van der Waals surface area contributed by atoms with E-state index in [-0.39, 0.29) is 6.03 Å². The van der Waals surface area contributed by atoms with E-state index in [9.17, 15) is 9.90 Å². The first kappa shape index (κ1) is 22.6. The van der Waals surface area contributed by atoms with Gasteiger partial charge in [-0.25, -0.2) is 4.79 Å². The summed E-state index contributed by atoms with van der Waals surface area (Å²) in [6, 6.07) is 3.99. The van der Waals surface area contributed by atoms with Gasteiger partial charge in [-0.3, -0.25) is 4.68 Å². The molecule has 2 amide bonds. The molecule has 0 unspecified atom stereocenters. The van der Waals surface area contributed by atoms with Crippen LogP contribution in [0.3, 0.4) is 0 Å². The van der Waals surface area contributed by atoms with Gasteiger partial charge >= 0.3 is 6.03 Å². The molecule has 1 fully saturated rings. The van der Waals surface area contributed by atoms with Gasteiger partial charge in [-0.2, -0.15) is 5.10 Å². The SMILES string of the molecule is CCC(CC)CC1(O)CCN(C(=O)Nc2cc(C(C)C)c3c(C)nn(C)c3c2)CC1. The second kappa shape index (κ2) is 8.96. The number of hydrogen-bond donors (Lipinski definition) is 2. The minimum Gasteiger partial charge on any atom is -0.390 e. The predicted octanol–water partition coefficient (Wildman–Crippen LogP) is 5.19. The second-order valence-corrected chi connectivity index (χ2v) is 9.35. The molecule has 166 valence electrons. The molecule has 0 aliphatic carbocycles. The summed E-state index contributed by atoms with van der Waals surface area (Å²) in [6.07, 6.45) is 4.32. The predicted molar refractivity (Wildman–Crippen MR) is 123 cm³/mol. The zero-order valence-electron chi connectivity index (χ0n) is 19.5. The number of nitrogens with zero attached hydrogens (tertiary/aromatic N) is 3. The van der Waals surface area contributed by atoms with E-state index < -0.39 is 5.60 Å². The molecule has 0 spiro atoms. The van der Waals surface area contributed by atoms with E-state index in [1.54, 1.807) is 0 Å². The summed E-state index contributed by atoms with van der Waals surface area (Å²) in [4.78, 5) is 14.8. The number of carbonyl (C=O) groups excluding carboxylic acids is 1. The standard InChI is InChI=1S/C24H38N4O2/c1-7-18(8-2)15-24(30)9-11-28(12-10-24)23(29)25-19-13-20(16(3)4)22-17(5)26-27(6)21(22)14-19/h13-14,16,18,30H,7-12,15H2,1-6H3,(H,25,29). The lowest BCUT2D eigenvalue weighted by Crippen LogP contribution is -2.48. The highest BCUT2D eigenvalue weighted by Gasteiger charge is 2.35. The average Bonchev–Trinajstić information content (AvgIpc) is 2.99. The molecule has 0 atom stereocenters. The normalized spacial score (nSPS) is 16.6. The summed E-state index contributed by atoms with van der Waals surface area (Å²) >= 11 is 0. The van der Waals surface area contributed by atoms with Crippen molar-refractivity contribution in [3.05, 3.63) is 23.4 Å². The Kier molecular flexibility index (Phi) is 6.75. The maximum atomic E-state index is 12.9. The smallest absolute Gasteiger partial charge is 0.321 e.